The third kappa shape index (κ3) is 4.14. The number of amides is 1. The Balaban J connectivity index is 1.84. The van der Waals surface area contributed by atoms with E-state index in [1.165, 1.54) is 37.1 Å². The first-order valence-electron chi connectivity index (χ1n) is 7.43. The number of aliphatic imine (C=N–C) groups is 1. The maximum absolute atomic E-state index is 12.1. The van der Waals surface area contributed by atoms with Crippen LogP contribution in [0.2, 0.25) is 0 Å². The second-order valence-electron chi connectivity index (χ2n) is 5.23. The van der Waals surface area contributed by atoms with E-state index in [-0.39, 0.29) is 17.2 Å². The maximum atomic E-state index is 12.1. The molecule has 1 amide bonds. The molecular weight excluding hydrogens is 420 g/mol. The van der Waals surface area contributed by atoms with Crippen LogP contribution in [0.15, 0.2) is 56.8 Å². The molecule has 1 aliphatic heterocycles. The minimum Gasteiger partial charge on any atom is -0.507 e. The summed E-state index contributed by atoms with van der Waals surface area (Å²) in [4.78, 5) is 28.6. The molecule has 26 heavy (non-hydrogen) atoms. The highest BCUT2D eigenvalue weighted by atomic mass is 79.9. The average Bonchev–Trinajstić information content (AvgIpc) is 2.97. The monoisotopic (exact) mass is 432 g/mol. The van der Waals surface area contributed by atoms with Gasteiger partial charge in [-0.2, -0.15) is 0 Å². The Bertz CT molecular complexity index is 939. The number of amidine groups is 1. The van der Waals surface area contributed by atoms with Crippen LogP contribution in [0.5, 0.6) is 5.75 Å². The zero-order valence-corrected chi connectivity index (χ0v) is 15.9. The van der Waals surface area contributed by atoms with Crippen LogP contribution >= 0.6 is 27.7 Å². The van der Waals surface area contributed by atoms with Crippen LogP contribution in [-0.2, 0) is 9.53 Å². The van der Waals surface area contributed by atoms with Crippen LogP contribution in [0, 0.1) is 0 Å². The van der Waals surface area contributed by atoms with E-state index in [0.29, 0.717) is 15.8 Å². The Morgan fingerprint density at radius 1 is 1.27 bits per heavy atom. The van der Waals surface area contributed by atoms with Gasteiger partial charge in [-0.3, -0.25) is 4.79 Å². The number of thioether (sulfide) groups is 1. The number of esters is 1. The predicted octanol–water partition coefficient (Wildman–Crippen LogP) is 3.83. The molecule has 0 aromatic heterocycles. The molecule has 0 bridgehead atoms. The number of aromatic hydroxyl groups is 1. The maximum Gasteiger partial charge on any atom is 0.341 e. The van der Waals surface area contributed by atoms with Gasteiger partial charge < -0.3 is 15.2 Å². The quantitative estimate of drug-likeness (QED) is 0.568. The summed E-state index contributed by atoms with van der Waals surface area (Å²) >= 11 is 4.56. The molecule has 0 aliphatic carbocycles. The van der Waals surface area contributed by atoms with Crippen LogP contribution in [0.3, 0.4) is 0 Å². The molecule has 1 saturated heterocycles. The first-order chi connectivity index (χ1) is 12.5. The van der Waals surface area contributed by atoms with Crippen molar-refractivity contribution in [1.82, 2.24) is 5.32 Å². The number of hydrogen-bond acceptors (Lipinski definition) is 6. The van der Waals surface area contributed by atoms with Gasteiger partial charge in [0, 0.05) is 4.47 Å². The molecule has 1 fully saturated rings. The van der Waals surface area contributed by atoms with Crippen LogP contribution in [-0.4, -0.2) is 29.3 Å². The van der Waals surface area contributed by atoms with Crippen molar-refractivity contribution in [1.29, 1.82) is 0 Å². The Morgan fingerprint density at radius 3 is 2.69 bits per heavy atom. The van der Waals surface area contributed by atoms with Gasteiger partial charge in [0.1, 0.15) is 11.3 Å². The second-order valence-corrected chi connectivity index (χ2v) is 7.17. The molecular formula is C18H13BrN2O4S. The average molecular weight is 433 g/mol. The molecule has 2 aromatic rings. The Labute approximate surface area is 162 Å². The summed E-state index contributed by atoms with van der Waals surface area (Å²) in [7, 11) is 1.23. The van der Waals surface area contributed by atoms with E-state index < -0.39 is 5.97 Å². The lowest BCUT2D eigenvalue weighted by Gasteiger charge is -2.03. The fourth-order valence-electron chi connectivity index (χ4n) is 2.18. The van der Waals surface area contributed by atoms with Crippen LogP contribution < -0.4 is 5.32 Å². The van der Waals surface area contributed by atoms with E-state index in [0.717, 1.165) is 10.0 Å². The van der Waals surface area contributed by atoms with Gasteiger partial charge in [0.05, 0.1) is 17.7 Å². The molecule has 1 heterocycles. The van der Waals surface area contributed by atoms with Gasteiger partial charge in [-0.25, -0.2) is 9.79 Å². The van der Waals surface area contributed by atoms with Crippen molar-refractivity contribution in [2.24, 2.45) is 4.99 Å². The summed E-state index contributed by atoms with van der Waals surface area (Å²) in [6, 6.07) is 11.9. The normalized spacial score (nSPS) is 16.8. The van der Waals surface area contributed by atoms with Crippen molar-refractivity contribution in [2.75, 3.05) is 7.11 Å². The summed E-state index contributed by atoms with van der Waals surface area (Å²) in [5.41, 5.74) is 1.31. The largest absolute Gasteiger partial charge is 0.507 e. The molecule has 132 valence electrons. The highest BCUT2D eigenvalue weighted by molar-refractivity contribution is 9.10. The third-order valence-electron chi connectivity index (χ3n) is 3.43. The molecule has 0 radical (unpaired) electrons. The Hall–Kier alpha value is -2.58. The zero-order valence-electron chi connectivity index (χ0n) is 13.5. The van der Waals surface area contributed by atoms with Gasteiger partial charge in [0.2, 0.25) is 0 Å². The summed E-state index contributed by atoms with van der Waals surface area (Å²) in [6.07, 6.45) is 1.77. The van der Waals surface area contributed by atoms with E-state index in [9.17, 15) is 14.7 Å². The number of nitrogens with one attached hydrogen (secondary N) is 1. The van der Waals surface area contributed by atoms with Crippen LogP contribution in [0.1, 0.15) is 15.9 Å². The Morgan fingerprint density at radius 2 is 2.00 bits per heavy atom. The number of hydrogen-bond donors (Lipinski definition) is 2. The molecule has 0 unspecified atom stereocenters. The van der Waals surface area contributed by atoms with Gasteiger partial charge in [-0.05, 0) is 53.7 Å². The van der Waals surface area contributed by atoms with E-state index in [2.05, 4.69) is 31.0 Å². The lowest BCUT2D eigenvalue weighted by molar-refractivity contribution is -0.115. The summed E-state index contributed by atoms with van der Waals surface area (Å²) < 4.78 is 5.57. The van der Waals surface area contributed by atoms with Crippen LogP contribution in [0.4, 0.5) is 5.69 Å². The SMILES string of the molecule is COC(=O)c1cc(N=C2NC(=O)/C(=C/c3ccc(Br)cc3)S2)ccc1O. The fourth-order valence-corrected chi connectivity index (χ4v) is 3.28. The standard InChI is InChI=1S/C18H13BrN2O4S/c1-25-17(24)13-9-12(6-7-14(13)22)20-18-21-16(23)15(26-18)8-10-2-4-11(19)5-3-10/h2-9,22H,1H3,(H,20,21,23)/b15-8-. The minimum absolute atomic E-state index is 0.00861. The molecule has 2 aromatic carbocycles. The third-order valence-corrected chi connectivity index (χ3v) is 4.87. The summed E-state index contributed by atoms with van der Waals surface area (Å²) in [5, 5.41) is 12.8. The number of nitrogens with zero attached hydrogens (tertiary/aromatic N) is 1. The number of carbonyl (C=O) groups is 2. The number of methoxy groups -OCH3 is 1. The van der Waals surface area contributed by atoms with Gasteiger partial charge >= 0.3 is 5.97 Å². The Kier molecular flexibility index (Phi) is 5.43. The zero-order chi connectivity index (χ0) is 18.7. The van der Waals surface area contributed by atoms with Crippen molar-refractivity contribution < 1.29 is 19.4 Å². The molecule has 0 saturated carbocycles. The number of phenols is 1. The second kappa shape index (κ2) is 7.76. The smallest absolute Gasteiger partial charge is 0.341 e. The van der Waals surface area contributed by atoms with E-state index >= 15 is 0 Å². The minimum atomic E-state index is -0.663. The van der Waals surface area contributed by atoms with Crippen molar-refractivity contribution >= 4 is 56.5 Å². The number of benzene rings is 2. The van der Waals surface area contributed by atoms with E-state index in [1.54, 1.807) is 6.08 Å². The fraction of sp³-hybridized carbons (Fsp3) is 0.0556. The molecule has 2 N–H and O–H groups in total. The number of rotatable bonds is 3. The van der Waals surface area contributed by atoms with E-state index in [1.807, 2.05) is 24.3 Å². The first kappa shape index (κ1) is 18.2. The number of ether oxygens (including phenoxy) is 1. The van der Waals surface area contributed by atoms with Crippen molar-refractivity contribution in [3.63, 3.8) is 0 Å². The molecule has 8 heteroatoms. The molecule has 0 spiro atoms. The molecule has 3 rings (SSSR count). The van der Waals surface area contributed by atoms with Crippen molar-refractivity contribution in [2.45, 2.75) is 0 Å². The summed E-state index contributed by atoms with van der Waals surface area (Å²) in [5.74, 6) is -1.10. The molecule has 1 aliphatic rings. The van der Waals surface area contributed by atoms with Crippen molar-refractivity contribution in [3.05, 3.63) is 63.0 Å². The lowest BCUT2D eigenvalue weighted by Crippen LogP contribution is -2.19. The van der Waals surface area contributed by atoms with Gasteiger partial charge in [-0.15, -0.1) is 0 Å². The highest BCUT2D eigenvalue weighted by Crippen LogP contribution is 2.30. The first-order valence-corrected chi connectivity index (χ1v) is 9.03. The number of halogens is 1. The van der Waals surface area contributed by atoms with E-state index in [4.69, 9.17) is 0 Å². The number of carbonyl (C=O) groups excluding carboxylic acids is 2. The highest BCUT2D eigenvalue weighted by Gasteiger charge is 2.24. The molecule has 0 atom stereocenters. The molecule has 6 nitrogen and oxygen atoms in total. The number of phenolic OH excluding ortho intramolecular Hbond substituents is 1. The van der Waals surface area contributed by atoms with Gasteiger partial charge in [0.25, 0.3) is 5.91 Å². The van der Waals surface area contributed by atoms with Gasteiger partial charge in [0.15, 0.2) is 5.17 Å². The predicted molar refractivity (Wildman–Crippen MR) is 104 cm³/mol. The summed E-state index contributed by atoms with van der Waals surface area (Å²) in [6.45, 7) is 0. The lowest BCUT2D eigenvalue weighted by atomic mass is 10.2. The van der Waals surface area contributed by atoms with Crippen molar-refractivity contribution in [3.8, 4) is 5.75 Å². The van der Waals surface area contributed by atoms with Gasteiger partial charge in [-0.1, -0.05) is 28.1 Å². The topological polar surface area (TPSA) is 88.0 Å². The van der Waals surface area contributed by atoms with Crippen LogP contribution in [0.25, 0.3) is 6.08 Å².